The van der Waals surface area contributed by atoms with Crippen LogP contribution in [0.4, 0.5) is 5.82 Å². The van der Waals surface area contributed by atoms with Gasteiger partial charge in [-0.1, -0.05) is 49.9 Å². The van der Waals surface area contributed by atoms with Gasteiger partial charge in [0.15, 0.2) is 0 Å². The van der Waals surface area contributed by atoms with E-state index in [9.17, 15) is 4.79 Å². The van der Waals surface area contributed by atoms with Crippen LogP contribution in [0, 0.1) is 0 Å². The van der Waals surface area contributed by atoms with Crippen molar-refractivity contribution in [2.24, 2.45) is 0 Å². The van der Waals surface area contributed by atoms with E-state index < -0.39 is 0 Å². The largest absolute Gasteiger partial charge is 0.437 e. The number of hydrogen-bond donors (Lipinski definition) is 0. The fraction of sp³-hybridized carbons (Fsp3) is 0.500. The number of carbonyl (C=O) groups excluding carboxylic acids is 1. The number of benzene rings is 1. The molecule has 0 aliphatic carbocycles. The van der Waals surface area contributed by atoms with Crippen LogP contribution >= 0.6 is 11.6 Å². The van der Waals surface area contributed by atoms with E-state index in [4.69, 9.17) is 16.3 Å². The number of nitrogens with zero attached hydrogens (tertiary/aromatic N) is 4. The minimum Gasteiger partial charge on any atom is -0.437 e. The normalized spacial score (nSPS) is 16.7. The lowest BCUT2D eigenvalue weighted by atomic mass is 10.1. The Morgan fingerprint density at radius 3 is 2.79 bits per heavy atom. The van der Waals surface area contributed by atoms with Crippen molar-refractivity contribution in [1.82, 2.24) is 14.9 Å². The van der Waals surface area contributed by atoms with Gasteiger partial charge in [0.25, 0.3) is 0 Å². The quantitative estimate of drug-likeness (QED) is 0.571. The number of ether oxygens (including phenoxy) is 1. The van der Waals surface area contributed by atoms with Crippen molar-refractivity contribution in [2.75, 3.05) is 24.5 Å². The first kappa shape index (κ1) is 21.4. The molecule has 1 aromatic carbocycles. The topological polar surface area (TPSA) is 58.6 Å². The molecule has 29 heavy (non-hydrogen) atoms. The molecule has 0 unspecified atom stereocenters. The lowest BCUT2D eigenvalue weighted by molar-refractivity contribution is -0.133. The molecule has 1 amide bonds. The van der Waals surface area contributed by atoms with E-state index in [1.54, 1.807) is 12.1 Å². The minimum atomic E-state index is 0.144. The smallest absolute Gasteiger partial charge is 0.224 e. The van der Waals surface area contributed by atoms with E-state index >= 15 is 0 Å². The number of amides is 1. The molecule has 0 spiro atoms. The third kappa shape index (κ3) is 5.82. The van der Waals surface area contributed by atoms with Crippen LogP contribution in [0.2, 0.25) is 5.02 Å². The number of halogens is 1. The fourth-order valence-electron chi connectivity index (χ4n) is 3.58. The van der Waals surface area contributed by atoms with E-state index in [0.717, 1.165) is 31.7 Å². The van der Waals surface area contributed by atoms with Crippen molar-refractivity contribution >= 4 is 23.3 Å². The van der Waals surface area contributed by atoms with Crippen molar-refractivity contribution in [3.63, 3.8) is 0 Å². The van der Waals surface area contributed by atoms with Crippen molar-refractivity contribution in [2.45, 2.75) is 52.0 Å². The van der Waals surface area contributed by atoms with Crippen molar-refractivity contribution in [3.8, 4) is 11.6 Å². The van der Waals surface area contributed by atoms with Gasteiger partial charge in [-0.2, -0.15) is 0 Å². The standard InChI is InChI=1S/C22H29ClN4O2/c1-3-4-5-6-11-22(28)27-13-12-26(15-17(27)2)20-14-21(25-16-24-20)29-19-10-8-7-9-18(19)23/h7-10,14,16-17H,3-6,11-13,15H2,1-2H3/t17-/m0/s1. The van der Waals surface area contributed by atoms with Crippen LogP contribution in [0.15, 0.2) is 36.7 Å². The number of unbranched alkanes of at least 4 members (excludes halogenated alkanes) is 3. The first-order chi connectivity index (χ1) is 14.1. The van der Waals surface area contributed by atoms with Gasteiger partial charge in [-0.25, -0.2) is 9.97 Å². The summed E-state index contributed by atoms with van der Waals surface area (Å²) >= 11 is 6.16. The Morgan fingerprint density at radius 1 is 1.21 bits per heavy atom. The van der Waals surface area contributed by atoms with Crippen LogP contribution < -0.4 is 9.64 Å². The molecule has 0 bridgehead atoms. The molecule has 0 saturated carbocycles. The second-order valence-electron chi connectivity index (χ2n) is 7.44. The molecule has 2 aromatic rings. The summed E-state index contributed by atoms with van der Waals surface area (Å²) in [5, 5.41) is 0.535. The summed E-state index contributed by atoms with van der Waals surface area (Å²) in [4.78, 5) is 25.3. The van der Waals surface area contributed by atoms with Crippen LogP contribution in [0.5, 0.6) is 11.6 Å². The number of para-hydroxylation sites is 1. The second kappa shape index (κ2) is 10.4. The molecule has 1 saturated heterocycles. The van der Waals surface area contributed by atoms with Crippen LogP contribution in [0.1, 0.15) is 46.0 Å². The van der Waals surface area contributed by atoms with Gasteiger partial charge < -0.3 is 14.5 Å². The average Bonchev–Trinajstić information content (AvgIpc) is 2.73. The van der Waals surface area contributed by atoms with Crippen LogP contribution in [-0.4, -0.2) is 46.5 Å². The summed E-state index contributed by atoms with van der Waals surface area (Å²) < 4.78 is 5.82. The number of piperazine rings is 1. The lowest BCUT2D eigenvalue weighted by Gasteiger charge is -2.40. The summed E-state index contributed by atoms with van der Waals surface area (Å²) in [6.07, 6.45) is 6.64. The highest BCUT2D eigenvalue weighted by Gasteiger charge is 2.27. The first-order valence-corrected chi connectivity index (χ1v) is 10.7. The SMILES string of the molecule is CCCCCCC(=O)N1CCN(c2cc(Oc3ccccc3Cl)ncn2)C[C@@H]1C. The van der Waals surface area contributed by atoms with Gasteiger partial charge in [-0.15, -0.1) is 0 Å². The highest BCUT2D eigenvalue weighted by atomic mass is 35.5. The van der Waals surface area contributed by atoms with Crippen molar-refractivity contribution < 1.29 is 9.53 Å². The molecule has 1 atom stereocenters. The zero-order valence-corrected chi connectivity index (χ0v) is 17.9. The zero-order chi connectivity index (χ0) is 20.6. The van der Waals surface area contributed by atoms with E-state index in [2.05, 4.69) is 28.7 Å². The van der Waals surface area contributed by atoms with E-state index in [0.29, 0.717) is 29.6 Å². The zero-order valence-electron chi connectivity index (χ0n) is 17.2. The number of rotatable bonds is 8. The predicted octanol–water partition coefficient (Wildman–Crippen LogP) is 4.93. The molecular formula is C22H29ClN4O2. The molecule has 0 N–H and O–H groups in total. The molecular weight excluding hydrogens is 388 g/mol. The number of aromatic nitrogens is 2. The second-order valence-corrected chi connectivity index (χ2v) is 7.85. The average molecular weight is 417 g/mol. The maximum Gasteiger partial charge on any atom is 0.224 e. The van der Waals surface area contributed by atoms with Crippen LogP contribution in [0.3, 0.4) is 0 Å². The van der Waals surface area contributed by atoms with Gasteiger partial charge >= 0.3 is 0 Å². The van der Waals surface area contributed by atoms with Crippen molar-refractivity contribution in [3.05, 3.63) is 41.7 Å². The Morgan fingerprint density at radius 2 is 2.03 bits per heavy atom. The Labute approximate surface area is 177 Å². The van der Waals surface area contributed by atoms with Gasteiger partial charge in [0, 0.05) is 38.2 Å². The minimum absolute atomic E-state index is 0.144. The first-order valence-electron chi connectivity index (χ1n) is 10.4. The summed E-state index contributed by atoms with van der Waals surface area (Å²) in [5.74, 6) is 2.07. The predicted molar refractivity (Wildman–Crippen MR) is 116 cm³/mol. The molecule has 1 aromatic heterocycles. The van der Waals surface area contributed by atoms with E-state index in [1.165, 1.54) is 19.2 Å². The Balaban J connectivity index is 1.58. The molecule has 1 fully saturated rings. The molecule has 6 nitrogen and oxygen atoms in total. The Hall–Kier alpha value is -2.34. The number of carbonyl (C=O) groups is 1. The maximum atomic E-state index is 12.6. The summed E-state index contributed by atoms with van der Waals surface area (Å²) in [6.45, 7) is 6.47. The summed E-state index contributed by atoms with van der Waals surface area (Å²) in [6, 6.07) is 9.26. The molecule has 2 heterocycles. The molecule has 0 radical (unpaired) electrons. The van der Waals surface area contributed by atoms with E-state index in [1.807, 2.05) is 23.1 Å². The number of hydrogen-bond acceptors (Lipinski definition) is 5. The van der Waals surface area contributed by atoms with Gasteiger partial charge in [0.1, 0.15) is 17.9 Å². The molecule has 3 rings (SSSR count). The molecule has 1 aliphatic rings. The Bertz CT molecular complexity index is 817. The highest BCUT2D eigenvalue weighted by Crippen LogP contribution is 2.29. The van der Waals surface area contributed by atoms with Gasteiger partial charge in [-0.3, -0.25) is 4.79 Å². The molecule has 156 valence electrons. The molecule has 7 heteroatoms. The van der Waals surface area contributed by atoms with Gasteiger partial charge in [-0.05, 0) is 25.5 Å². The van der Waals surface area contributed by atoms with Gasteiger partial charge in [0.05, 0.1) is 5.02 Å². The number of anilines is 1. The van der Waals surface area contributed by atoms with Crippen LogP contribution in [-0.2, 0) is 4.79 Å². The highest BCUT2D eigenvalue weighted by molar-refractivity contribution is 6.32. The molecule has 1 aliphatic heterocycles. The van der Waals surface area contributed by atoms with Crippen molar-refractivity contribution in [1.29, 1.82) is 0 Å². The summed E-state index contributed by atoms with van der Waals surface area (Å²) in [5.41, 5.74) is 0. The maximum absolute atomic E-state index is 12.6. The van der Waals surface area contributed by atoms with E-state index in [-0.39, 0.29) is 11.9 Å². The van der Waals surface area contributed by atoms with Gasteiger partial charge in [0.2, 0.25) is 11.8 Å². The monoisotopic (exact) mass is 416 g/mol. The Kier molecular flexibility index (Phi) is 7.69. The lowest BCUT2D eigenvalue weighted by Crippen LogP contribution is -2.54. The van der Waals surface area contributed by atoms with Crippen LogP contribution in [0.25, 0.3) is 0 Å². The summed E-state index contributed by atoms with van der Waals surface area (Å²) in [7, 11) is 0. The third-order valence-electron chi connectivity index (χ3n) is 5.19. The third-order valence-corrected chi connectivity index (χ3v) is 5.51. The fourth-order valence-corrected chi connectivity index (χ4v) is 3.76.